The maximum Gasteiger partial charge on any atom is 0.0414 e. The molecule has 0 radical (unpaired) electrons. The van der Waals surface area contributed by atoms with Crippen molar-refractivity contribution in [3.8, 4) is 0 Å². The lowest BCUT2D eigenvalue weighted by Gasteiger charge is -1.99. The molecule has 0 saturated carbocycles. The number of carboxylic acid groups (broad SMARTS) is 2. The van der Waals surface area contributed by atoms with Crippen LogP contribution < -0.4 is 10.2 Å². The number of carboxylic acids is 2. The quantitative estimate of drug-likeness (QED) is 0.384. The van der Waals surface area contributed by atoms with Gasteiger partial charge in [0, 0.05) is 11.9 Å². The van der Waals surface area contributed by atoms with Crippen LogP contribution in [-0.4, -0.2) is 11.9 Å². The van der Waals surface area contributed by atoms with Gasteiger partial charge >= 0.3 is 0 Å². The van der Waals surface area contributed by atoms with E-state index in [1.165, 1.54) is 0 Å². The van der Waals surface area contributed by atoms with E-state index >= 15 is 0 Å². The zero-order valence-electron chi connectivity index (χ0n) is 8.03. The number of carbonyl (C=O) groups excluding carboxylic acids is 2. The van der Waals surface area contributed by atoms with Crippen LogP contribution >= 0.6 is 0 Å². The number of aliphatic carboxylic acids is 2. The van der Waals surface area contributed by atoms with Crippen molar-refractivity contribution < 1.29 is 19.8 Å². The second-order valence-electron chi connectivity index (χ2n) is 3.00. The zero-order chi connectivity index (χ0) is 10.8. The second kappa shape index (κ2) is 8.29. The van der Waals surface area contributed by atoms with Gasteiger partial charge in [-0.05, 0) is 38.5 Å². The molecule has 0 aliphatic heterocycles. The van der Waals surface area contributed by atoms with Gasteiger partial charge in [0.05, 0.1) is 0 Å². The van der Waals surface area contributed by atoms with Crippen molar-refractivity contribution in [3.63, 3.8) is 0 Å². The summed E-state index contributed by atoms with van der Waals surface area (Å²) in [4.78, 5) is 20.0. The Morgan fingerprint density at radius 1 is 0.857 bits per heavy atom. The van der Waals surface area contributed by atoms with Crippen LogP contribution in [0.15, 0.2) is 12.2 Å². The molecule has 4 heteroatoms. The highest BCUT2D eigenvalue weighted by Crippen LogP contribution is 1.99. The van der Waals surface area contributed by atoms with Gasteiger partial charge < -0.3 is 19.8 Å². The second-order valence-corrected chi connectivity index (χ2v) is 3.00. The van der Waals surface area contributed by atoms with E-state index in [4.69, 9.17) is 0 Å². The Kier molecular flexibility index (Phi) is 7.50. The lowest BCUT2D eigenvalue weighted by atomic mass is 10.2. The van der Waals surface area contributed by atoms with Crippen molar-refractivity contribution >= 4 is 11.9 Å². The number of rotatable bonds is 8. The molecule has 0 aliphatic carbocycles. The summed E-state index contributed by atoms with van der Waals surface area (Å²) in [7, 11) is 0. The molecule has 0 amide bonds. The highest BCUT2D eigenvalue weighted by molar-refractivity contribution is 5.64. The van der Waals surface area contributed by atoms with Crippen LogP contribution in [0, 0.1) is 0 Å². The summed E-state index contributed by atoms with van der Waals surface area (Å²) in [6.45, 7) is 0. The average Bonchev–Trinajstić information content (AvgIpc) is 2.08. The van der Waals surface area contributed by atoms with E-state index in [0.29, 0.717) is 25.7 Å². The van der Waals surface area contributed by atoms with Crippen LogP contribution in [0.2, 0.25) is 0 Å². The van der Waals surface area contributed by atoms with Crippen molar-refractivity contribution in [3.05, 3.63) is 12.2 Å². The summed E-state index contributed by atoms with van der Waals surface area (Å²) in [5.41, 5.74) is 0. The smallest absolute Gasteiger partial charge is 0.0414 e. The fourth-order valence-electron chi connectivity index (χ4n) is 0.964. The molecule has 0 aromatic rings. The molecule has 0 fully saturated rings. The molecule has 0 N–H and O–H groups in total. The van der Waals surface area contributed by atoms with Gasteiger partial charge in [0.1, 0.15) is 0 Å². The Balaban J connectivity index is 3.19. The minimum absolute atomic E-state index is 0.0728. The number of allylic oxidation sites excluding steroid dienone is 2. The molecule has 0 atom stereocenters. The van der Waals surface area contributed by atoms with Gasteiger partial charge in [-0.15, -0.1) is 0 Å². The van der Waals surface area contributed by atoms with Gasteiger partial charge in [0.25, 0.3) is 0 Å². The third-order valence-corrected chi connectivity index (χ3v) is 1.67. The summed E-state index contributed by atoms with van der Waals surface area (Å²) in [5.74, 6) is -2.06. The topological polar surface area (TPSA) is 80.3 Å². The van der Waals surface area contributed by atoms with E-state index in [-0.39, 0.29) is 12.8 Å². The molecule has 0 bridgehead atoms. The van der Waals surface area contributed by atoms with Gasteiger partial charge in [-0.2, -0.15) is 0 Å². The van der Waals surface area contributed by atoms with Crippen molar-refractivity contribution in [2.24, 2.45) is 0 Å². The number of unbranched alkanes of at least 4 members (excludes halogenated alkanes) is 2. The monoisotopic (exact) mass is 198 g/mol. The molecular weight excluding hydrogens is 184 g/mol. The molecule has 0 rings (SSSR count). The number of hydrogen-bond acceptors (Lipinski definition) is 4. The van der Waals surface area contributed by atoms with Crippen LogP contribution in [-0.2, 0) is 9.59 Å². The maximum absolute atomic E-state index is 10.0. The van der Waals surface area contributed by atoms with Gasteiger partial charge in [0.2, 0.25) is 0 Å². The van der Waals surface area contributed by atoms with Crippen molar-refractivity contribution in [2.45, 2.75) is 38.5 Å². The molecule has 4 nitrogen and oxygen atoms in total. The predicted molar refractivity (Wildman–Crippen MR) is 46.9 cm³/mol. The highest BCUT2D eigenvalue weighted by atomic mass is 16.4. The van der Waals surface area contributed by atoms with Crippen LogP contribution in [0.1, 0.15) is 38.5 Å². The van der Waals surface area contributed by atoms with E-state index in [0.717, 1.165) is 0 Å². The van der Waals surface area contributed by atoms with Crippen molar-refractivity contribution in [2.75, 3.05) is 0 Å². The first-order valence-electron chi connectivity index (χ1n) is 4.67. The Morgan fingerprint density at radius 2 is 1.21 bits per heavy atom. The average molecular weight is 198 g/mol. The van der Waals surface area contributed by atoms with Gasteiger partial charge in [-0.3, -0.25) is 0 Å². The SMILES string of the molecule is O=C([O-])CCC/C=C\CCCC(=O)[O-]. The Labute approximate surface area is 83.2 Å². The maximum atomic E-state index is 10.0. The molecule has 80 valence electrons. The zero-order valence-corrected chi connectivity index (χ0v) is 8.03. The Morgan fingerprint density at radius 3 is 1.50 bits per heavy atom. The molecule has 0 heterocycles. The van der Waals surface area contributed by atoms with Crippen molar-refractivity contribution in [1.82, 2.24) is 0 Å². The number of hydrogen-bond donors (Lipinski definition) is 0. The normalized spacial score (nSPS) is 10.6. The van der Waals surface area contributed by atoms with Crippen LogP contribution in [0.5, 0.6) is 0 Å². The summed E-state index contributed by atoms with van der Waals surface area (Å²) in [6.07, 6.45) is 6.39. The molecule has 14 heavy (non-hydrogen) atoms. The minimum atomic E-state index is -1.03. The summed E-state index contributed by atoms with van der Waals surface area (Å²) in [6, 6.07) is 0. The van der Waals surface area contributed by atoms with E-state index in [1.807, 2.05) is 12.2 Å². The molecule has 0 aromatic carbocycles. The van der Waals surface area contributed by atoms with E-state index in [1.54, 1.807) is 0 Å². The molecule has 0 spiro atoms. The molecule has 0 aromatic heterocycles. The van der Waals surface area contributed by atoms with Crippen LogP contribution in [0.4, 0.5) is 0 Å². The standard InChI is InChI=1S/C10H16O4/c11-9(12)7-5-3-1-2-4-6-8-10(13)14/h1-2H,3-8H2,(H,11,12)(H,13,14)/p-2/b2-1-. The fourth-order valence-corrected chi connectivity index (χ4v) is 0.964. The highest BCUT2D eigenvalue weighted by Gasteiger charge is 1.86. The molecule has 0 saturated heterocycles. The minimum Gasteiger partial charge on any atom is -0.550 e. The van der Waals surface area contributed by atoms with Crippen molar-refractivity contribution in [1.29, 1.82) is 0 Å². The first-order chi connectivity index (χ1) is 6.63. The van der Waals surface area contributed by atoms with E-state index < -0.39 is 11.9 Å². The van der Waals surface area contributed by atoms with E-state index in [9.17, 15) is 19.8 Å². The largest absolute Gasteiger partial charge is 0.550 e. The molecular formula is C10H14O4-2. The third-order valence-electron chi connectivity index (χ3n) is 1.67. The van der Waals surface area contributed by atoms with Gasteiger partial charge in [0.15, 0.2) is 0 Å². The Bertz CT molecular complexity index is 186. The lowest BCUT2D eigenvalue weighted by Crippen LogP contribution is -2.21. The predicted octanol–water partition coefficient (Wildman–Crippen LogP) is -0.617. The third kappa shape index (κ3) is 10.7. The van der Waals surface area contributed by atoms with E-state index in [2.05, 4.69) is 0 Å². The molecule has 0 aliphatic rings. The molecule has 0 unspecified atom stereocenters. The van der Waals surface area contributed by atoms with Crippen LogP contribution in [0.25, 0.3) is 0 Å². The summed E-state index contributed by atoms with van der Waals surface area (Å²) in [5, 5.41) is 20.0. The fraction of sp³-hybridized carbons (Fsp3) is 0.600. The van der Waals surface area contributed by atoms with Gasteiger partial charge in [-0.25, -0.2) is 0 Å². The summed E-state index contributed by atoms with van der Waals surface area (Å²) < 4.78 is 0. The summed E-state index contributed by atoms with van der Waals surface area (Å²) >= 11 is 0. The lowest BCUT2D eigenvalue weighted by molar-refractivity contribution is -0.307. The van der Waals surface area contributed by atoms with Gasteiger partial charge in [-0.1, -0.05) is 12.2 Å². The number of carbonyl (C=O) groups is 2. The van der Waals surface area contributed by atoms with Crippen LogP contribution in [0.3, 0.4) is 0 Å². The first kappa shape index (κ1) is 12.7. The first-order valence-corrected chi connectivity index (χ1v) is 4.67. The Hall–Kier alpha value is -1.32.